The molecule has 0 aliphatic carbocycles. The lowest BCUT2D eigenvalue weighted by Crippen LogP contribution is -2.32. The summed E-state index contributed by atoms with van der Waals surface area (Å²) in [5.74, 6) is -0.379. The minimum atomic E-state index is -0.545. The number of amides is 3. The highest BCUT2D eigenvalue weighted by Crippen LogP contribution is 2.29. The first-order valence-corrected chi connectivity index (χ1v) is 5.44. The number of benzene rings is 1. The summed E-state index contributed by atoms with van der Waals surface area (Å²) >= 11 is 11.6. The maximum atomic E-state index is 11.8. The number of urea groups is 1. The standard InChI is InChI=1S/C10H8Cl2N2O3/c1-17-13-5-9(15)14(10(13)16)6-2-3-7(11)8(12)4-6/h2-4H,5H2,1H3. The third-order valence-corrected chi connectivity index (χ3v) is 3.05. The van der Waals surface area contributed by atoms with Crippen LogP contribution in [0.3, 0.4) is 0 Å². The van der Waals surface area contributed by atoms with E-state index in [2.05, 4.69) is 0 Å². The van der Waals surface area contributed by atoms with E-state index in [1.807, 2.05) is 0 Å². The fourth-order valence-corrected chi connectivity index (χ4v) is 1.79. The summed E-state index contributed by atoms with van der Waals surface area (Å²) in [7, 11) is 1.32. The van der Waals surface area contributed by atoms with Crippen LogP contribution in [-0.4, -0.2) is 30.7 Å². The quantitative estimate of drug-likeness (QED) is 0.778. The SMILES string of the molecule is CON1CC(=O)N(c2ccc(Cl)c(Cl)c2)C1=O. The molecule has 0 saturated carbocycles. The zero-order valence-corrected chi connectivity index (χ0v) is 10.3. The summed E-state index contributed by atoms with van der Waals surface area (Å²) in [5.41, 5.74) is 0.369. The molecule has 0 spiro atoms. The topological polar surface area (TPSA) is 49.9 Å². The molecule has 1 saturated heterocycles. The van der Waals surface area contributed by atoms with Crippen molar-refractivity contribution < 1.29 is 14.4 Å². The molecule has 0 bridgehead atoms. The van der Waals surface area contributed by atoms with Gasteiger partial charge in [-0.05, 0) is 18.2 Å². The van der Waals surface area contributed by atoms with Gasteiger partial charge in [0.15, 0.2) is 0 Å². The normalized spacial score (nSPS) is 15.9. The number of rotatable bonds is 2. The monoisotopic (exact) mass is 274 g/mol. The van der Waals surface area contributed by atoms with Crippen molar-refractivity contribution >= 4 is 40.8 Å². The van der Waals surface area contributed by atoms with E-state index in [1.165, 1.54) is 19.2 Å². The molecular weight excluding hydrogens is 267 g/mol. The van der Waals surface area contributed by atoms with Gasteiger partial charge in [-0.1, -0.05) is 23.2 Å². The molecule has 1 aromatic carbocycles. The van der Waals surface area contributed by atoms with Crippen LogP contribution in [0.2, 0.25) is 10.0 Å². The minimum absolute atomic E-state index is 0.115. The molecule has 1 aliphatic rings. The Morgan fingerprint density at radius 1 is 1.24 bits per heavy atom. The summed E-state index contributed by atoms with van der Waals surface area (Å²) in [4.78, 5) is 29.2. The van der Waals surface area contributed by atoms with Gasteiger partial charge in [-0.25, -0.2) is 9.69 Å². The number of hydrogen-bond donors (Lipinski definition) is 0. The molecule has 1 heterocycles. The number of anilines is 1. The molecule has 90 valence electrons. The van der Waals surface area contributed by atoms with E-state index >= 15 is 0 Å². The Balaban J connectivity index is 2.36. The Labute approximate surface area is 107 Å². The zero-order chi connectivity index (χ0) is 12.6. The van der Waals surface area contributed by atoms with Crippen LogP contribution in [0.4, 0.5) is 10.5 Å². The number of halogens is 2. The molecule has 1 aromatic rings. The van der Waals surface area contributed by atoms with E-state index in [9.17, 15) is 9.59 Å². The van der Waals surface area contributed by atoms with E-state index < -0.39 is 6.03 Å². The molecule has 17 heavy (non-hydrogen) atoms. The first-order chi connectivity index (χ1) is 8.04. The maximum Gasteiger partial charge on any atom is 0.355 e. The second-order valence-corrected chi connectivity index (χ2v) is 4.14. The van der Waals surface area contributed by atoms with Crippen LogP contribution in [0.5, 0.6) is 0 Å². The molecule has 2 rings (SSSR count). The average Bonchev–Trinajstić information content (AvgIpc) is 2.58. The van der Waals surface area contributed by atoms with Crippen LogP contribution in [0, 0.1) is 0 Å². The summed E-state index contributed by atoms with van der Waals surface area (Å²) in [6.45, 7) is -0.115. The van der Waals surface area contributed by atoms with E-state index in [1.54, 1.807) is 6.07 Å². The Morgan fingerprint density at radius 3 is 2.47 bits per heavy atom. The van der Waals surface area contributed by atoms with E-state index in [4.69, 9.17) is 28.0 Å². The Hall–Kier alpha value is -1.30. The second-order valence-electron chi connectivity index (χ2n) is 3.33. The van der Waals surface area contributed by atoms with Gasteiger partial charge in [0.2, 0.25) is 0 Å². The molecule has 3 amide bonds. The van der Waals surface area contributed by atoms with Crippen LogP contribution in [-0.2, 0) is 9.63 Å². The number of nitrogens with zero attached hydrogens (tertiary/aromatic N) is 2. The first-order valence-electron chi connectivity index (χ1n) is 4.68. The number of carbonyl (C=O) groups excluding carboxylic acids is 2. The summed E-state index contributed by atoms with van der Waals surface area (Å²) in [5, 5.41) is 1.60. The third-order valence-electron chi connectivity index (χ3n) is 2.31. The summed E-state index contributed by atoms with van der Waals surface area (Å²) in [6.07, 6.45) is 0. The fourth-order valence-electron chi connectivity index (χ4n) is 1.50. The number of hydroxylamine groups is 2. The number of carbonyl (C=O) groups is 2. The van der Waals surface area contributed by atoms with Crippen LogP contribution in [0.15, 0.2) is 18.2 Å². The highest BCUT2D eigenvalue weighted by molar-refractivity contribution is 6.42. The van der Waals surface area contributed by atoms with Gasteiger partial charge in [-0.2, -0.15) is 5.06 Å². The lowest BCUT2D eigenvalue weighted by Gasteiger charge is -2.15. The van der Waals surface area contributed by atoms with Gasteiger partial charge in [0.05, 0.1) is 22.8 Å². The molecule has 0 atom stereocenters. The molecule has 7 heteroatoms. The molecule has 1 fully saturated rings. The highest BCUT2D eigenvalue weighted by atomic mass is 35.5. The van der Waals surface area contributed by atoms with Crippen molar-refractivity contribution in [3.05, 3.63) is 28.2 Å². The van der Waals surface area contributed by atoms with Gasteiger partial charge in [0.1, 0.15) is 6.54 Å². The predicted octanol–water partition coefficient (Wildman–Crippen LogP) is 2.32. The number of hydrogen-bond acceptors (Lipinski definition) is 3. The average molecular weight is 275 g/mol. The van der Waals surface area contributed by atoms with E-state index in [0.29, 0.717) is 10.7 Å². The van der Waals surface area contributed by atoms with Crippen LogP contribution >= 0.6 is 23.2 Å². The lowest BCUT2D eigenvalue weighted by molar-refractivity contribution is -0.123. The number of imide groups is 1. The van der Waals surface area contributed by atoms with Crippen molar-refractivity contribution in [2.75, 3.05) is 18.6 Å². The van der Waals surface area contributed by atoms with Crippen LogP contribution in [0.25, 0.3) is 0 Å². The summed E-state index contributed by atoms with van der Waals surface area (Å²) < 4.78 is 0. The van der Waals surface area contributed by atoms with Gasteiger partial charge < -0.3 is 0 Å². The van der Waals surface area contributed by atoms with Gasteiger partial charge in [-0.15, -0.1) is 0 Å². The molecule has 1 aliphatic heterocycles. The van der Waals surface area contributed by atoms with Crippen molar-refractivity contribution in [1.82, 2.24) is 5.06 Å². The van der Waals surface area contributed by atoms with Gasteiger partial charge in [0, 0.05) is 0 Å². The Bertz CT molecular complexity index is 492. The minimum Gasteiger partial charge on any atom is -0.272 e. The van der Waals surface area contributed by atoms with Crippen LogP contribution < -0.4 is 4.90 Å². The predicted molar refractivity (Wildman–Crippen MR) is 63.1 cm³/mol. The lowest BCUT2D eigenvalue weighted by atomic mass is 10.3. The third kappa shape index (κ3) is 2.09. The molecule has 5 nitrogen and oxygen atoms in total. The first kappa shape index (κ1) is 12.2. The fraction of sp³-hybridized carbons (Fsp3) is 0.200. The van der Waals surface area contributed by atoms with Crippen molar-refractivity contribution in [2.45, 2.75) is 0 Å². The van der Waals surface area contributed by atoms with Gasteiger partial charge >= 0.3 is 6.03 Å². The Morgan fingerprint density at radius 2 is 1.94 bits per heavy atom. The second kappa shape index (κ2) is 4.52. The maximum absolute atomic E-state index is 11.8. The van der Waals surface area contributed by atoms with Crippen molar-refractivity contribution in [2.24, 2.45) is 0 Å². The van der Waals surface area contributed by atoms with E-state index in [0.717, 1.165) is 9.96 Å². The van der Waals surface area contributed by atoms with Crippen LogP contribution in [0.1, 0.15) is 0 Å². The van der Waals surface area contributed by atoms with Crippen molar-refractivity contribution in [3.8, 4) is 0 Å². The molecule has 0 radical (unpaired) electrons. The van der Waals surface area contributed by atoms with E-state index in [-0.39, 0.29) is 17.5 Å². The molecular formula is C10H8Cl2N2O3. The summed E-state index contributed by atoms with van der Waals surface area (Å²) in [6, 6.07) is 3.98. The smallest absolute Gasteiger partial charge is 0.272 e. The van der Waals surface area contributed by atoms with Crippen molar-refractivity contribution in [3.63, 3.8) is 0 Å². The van der Waals surface area contributed by atoms with Gasteiger partial charge in [-0.3, -0.25) is 9.63 Å². The molecule has 0 N–H and O–H groups in total. The van der Waals surface area contributed by atoms with Crippen molar-refractivity contribution in [1.29, 1.82) is 0 Å². The zero-order valence-electron chi connectivity index (χ0n) is 8.81. The highest BCUT2D eigenvalue weighted by Gasteiger charge is 2.37. The molecule has 0 aromatic heterocycles. The van der Waals surface area contributed by atoms with Gasteiger partial charge in [0.25, 0.3) is 5.91 Å². The Kier molecular flexibility index (Phi) is 3.24. The molecule has 0 unspecified atom stereocenters. The largest absolute Gasteiger partial charge is 0.355 e.